The minimum atomic E-state index is 0.0841. The molecule has 0 bridgehead atoms. The van der Waals surface area contributed by atoms with Crippen molar-refractivity contribution in [3.05, 3.63) is 29.8 Å². The first-order valence-electron chi connectivity index (χ1n) is 9.02. The molecule has 7 nitrogen and oxygen atoms in total. The van der Waals surface area contributed by atoms with Crippen molar-refractivity contribution in [1.82, 2.24) is 30.4 Å². The highest BCUT2D eigenvalue weighted by Gasteiger charge is 2.31. The van der Waals surface area contributed by atoms with Gasteiger partial charge in [0.05, 0.1) is 0 Å². The Morgan fingerprint density at radius 2 is 1.84 bits per heavy atom. The summed E-state index contributed by atoms with van der Waals surface area (Å²) >= 11 is 0. The zero-order valence-corrected chi connectivity index (χ0v) is 14.6. The molecule has 0 spiro atoms. The van der Waals surface area contributed by atoms with Crippen LogP contribution in [0.4, 0.5) is 0 Å². The Kier molecular flexibility index (Phi) is 4.48. The summed E-state index contributed by atoms with van der Waals surface area (Å²) in [5, 5.41) is 16.0. The number of tetrazole rings is 1. The maximum Gasteiger partial charge on any atom is 0.246 e. The van der Waals surface area contributed by atoms with Crippen LogP contribution in [0, 0.1) is 18.8 Å². The number of likely N-dealkylation sites (tertiary alicyclic amines) is 1. The zero-order chi connectivity index (χ0) is 17.2. The first kappa shape index (κ1) is 16.2. The highest BCUT2D eigenvalue weighted by Crippen LogP contribution is 2.27. The summed E-state index contributed by atoms with van der Waals surface area (Å²) in [4.78, 5) is 16.0. The van der Waals surface area contributed by atoms with Gasteiger partial charge in [-0.1, -0.05) is 29.8 Å². The molecule has 1 amide bonds. The lowest BCUT2D eigenvalue weighted by atomic mass is 9.92. The predicted molar refractivity (Wildman–Crippen MR) is 93.7 cm³/mol. The number of nitrogens with one attached hydrogen (secondary N) is 1. The van der Waals surface area contributed by atoms with Crippen LogP contribution in [-0.2, 0) is 11.3 Å². The minimum absolute atomic E-state index is 0.0841. The number of rotatable bonds is 3. The number of fused-ring (bicyclic) bond motifs is 1. The Balaban J connectivity index is 1.38. The summed E-state index contributed by atoms with van der Waals surface area (Å²) in [7, 11) is 0. The summed E-state index contributed by atoms with van der Waals surface area (Å²) in [6.45, 7) is 6.06. The molecule has 2 aliphatic heterocycles. The Hall–Kier alpha value is -2.28. The van der Waals surface area contributed by atoms with Gasteiger partial charge < -0.3 is 10.2 Å². The number of carbonyl (C=O) groups excluding carboxylic acids is 1. The molecule has 2 aromatic rings. The van der Waals surface area contributed by atoms with Crippen LogP contribution >= 0.6 is 0 Å². The molecule has 4 rings (SSSR count). The number of nitrogens with zero attached hydrogens (tertiary/aromatic N) is 5. The summed E-state index contributed by atoms with van der Waals surface area (Å²) in [5.41, 5.74) is 2.10. The quantitative estimate of drug-likeness (QED) is 0.906. The smallest absolute Gasteiger partial charge is 0.246 e. The van der Waals surface area contributed by atoms with Crippen molar-refractivity contribution in [3.63, 3.8) is 0 Å². The summed E-state index contributed by atoms with van der Waals surface area (Å²) in [5.74, 6) is 2.08. The number of benzene rings is 1. The van der Waals surface area contributed by atoms with E-state index >= 15 is 0 Å². The molecule has 2 aliphatic rings. The topological polar surface area (TPSA) is 75.9 Å². The van der Waals surface area contributed by atoms with Crippen LogP contribution in [-0.4, -0.2) is 57.2 Å². The maximum atomic E-state index is 12.6. The van der Waals surface area contributed by atoms with Gasteiger partial charge in [-0.2, -0.15) is 4.80 Å². The van der Waals surface area contributed by atoms with Crippen LogP contribution in [0.1, 0.15) is 18.4 Å². The Bertz CT molecular complexity index is 726. The average molecular weight is 340 g/mol. The molecule has 2 fully saturated rings. The molecule has 7 heteroatoms. The van der Waals surface area contributed by atoms with Gasteiger partial charge in [-0.25, -0.2) is 0 Å². The first-order chi connectivity index (χ1) is 12.2. The van der Waals surface area contributed by atoms with E-state index in [1.807, 2.05) is 36.1 Å². The largest absolute Gasteiger partial charge is 0.341 e. The molecule has 0 unspecified atom stereocenters. The van der Waals surface area contributed by atoms with Gasteiger partial charge in [0.1, 0.15) is 6.54 Å². The van der Waals surface area contributed by atoms with E-state index in [0.29, 0.717) is 5.82 Å². The molecule has 0 aliphatic carbocycles. The molecule has 1 aromatic carbocycles. The van der Waals surface area contributed by atoms with Crippen LogP contribution in [0.3, 0.4) is 0 Å². The number of hydrogen-bond acceptors (Lipinski definition) is 5. The van der Waals surface area contributed by atoms with E-state index in [9.17, 15) is 4.79 Å². The molecule has 1 aromatic heterocycles. The van der Waals surface area contributed by atoms with E-state index in [4.69, 9.17) is 0 Å². The Morgan fingerprint density at radius 3 is 2.52 bits per heavy atom. The van der Waals surface area contributed by atoms with E-state index < -0.39 is 0 Å². The molecular formula is C18H24N6O. The number of carbonyl (C=O) groups is 1. The van der Waals surface area contributed by atoms with E-state index in [0.717, 1.165) is 56.4 Å². The van der Waals surface area contributed by atoms with Crippen molar-refractivity contribution in [1.29, 1.82) is 0 Å². The van der Waals surface area contributed by atoms with Crippen LogP contribution in [0.15, 0.2) is 24.3 Å². The van der Waals surface area contributed by atoms with Crippen LogP contribution in [0.25, 0.3) is 11.4 Å². The Labute approximate surface area is 147 Å². The molecule has 132 valence electrons. The van der Waals surface area contributed by atoms with E-state index in [1.54, 1.807) is 0 Å². The van der Waals surface area contributed by atoms with Gasteiger partial charge in [0, 0.05) is 18.7 Å². The van der Waals surface area contributed by atoms with E-state index in [2.05, 4.69) is 20.7 Å². The monoisotopic (exact) mass is 340 g/mol. The van der Waals surface area contributed by atoms with Gasteiger partial charge in [0.25, 0.3) is 0 Å². The second-order valence-corrected chi connectivity index (χ2v) is 7.15. The fourth-order valence-corrected chi connectivity index (χ4v) is 3.82. The average Bonchev–Trinajstić information content (AvgIpc) is 3.21. The zero-order valence-electron chi connectivity index (χ0n) is 14.6. The lowest BCUT2D eigenvalue weighted by Crippen LogP contribution is -2.35. The number of aromatic nitrogens is 4. The van der Waals surface area contributed by atoms with Gasteiger partial charge in [0.15, 0.2) is 0 Å². The van der Waals surface area contributed by atoms with Gasteiger partial charge in [0.2, 0.25) is 11.7 Å². The van der Waals surface area contributed by atoms with Crippen molar-refractivity contribution in [2.45, 2.75) is 26.3 Å². The second kappa shape index (κ2) is 6.92. The van der Waals surface area contributed by atoms with Crippen molar-refractivity contribution >= 4 is 5.91 Å². The van der Waals surface area contributed by atoms with Crippen molar-refractivity contribution in [3.8, 4) is 11.4 Å². The molecular weight excluding hydrogens is 316 g/mol. The minimum Gasteiger partial charge on any atom is -0.341 e. The summed E-state index contributed by atoms with van der Waals surface area (Å²) in [6, 6.07) is 7.98. The summed E-state index contributed by atoms with van der Waals surface area (Å²) < 4.78 is 0. The third-order valence-corrected chi connectivity index (χ3v) is 5.41. The maximum absolute atomic E-state index is 12.6. The third-order valence-electron chi connectivity index (χ3n) is 5.41. The fraction of sp³-hybridized carbons (Fsp3) is 0.556. The number of amides is 1. The lowest BCUT2D eigenvalue weighted by molar-refractivity contribution is -0.132. The van der Waals surface area contributed by atoms with Gasteiger partial charge >= 0.3 is 0 Å². The van der Waals surface area contributed by atoms with Gasteiger partial charge in [-0.15, -0.1) is 10.2 Å². The van der Waals surface area contributed by atoms with Crippen LogP contribution < -0.4 is 5.32 Å². The third kappa shape index (κ3) is 3.56. The molecule has 2 atom stereocenters. The molecule has 25 heavy (non-hydrogen) atoms. The predicted octanol–water partition coefficient (Wildman–Crippen LogP) is 1.11. The molecule has 3 heterocycles. The second-order valence-electron chi connectivity index (χ2n) is 7.15. The van der Waals surface area contributed by atoms with Crippen molar-refractivity contribution < 1.29 is 4.79 Å². The SMILES string of the molecule is Cc1ccc(-c2nnn(CC(=O)N3CC[C@@H]4CNC[C@@H]4CC3)n2)cc1. The van der Waals surface area contributed by atoms with Crippen LogP contribution in [0.2, 0.25) is 0 Å². The van der Waals surface area contributed by atoms with Crippen molar-refractivity contribution in [2.24, 2.45) is 11.8 Å². The highest BCUT2D eigenvalue weighted by molar-refractivity contribution is 5.75. The van der Waals surface area contributed by atoms with E-state index in [-0.39, 0.29) is 12.5 Å². The normalized spacial score (nSPS) is 23.3. The standard InChI is InChI=1S/C18H24N6O/c1-13-2-4-14(5-3-13)18-20-22-24(21-18)12-17(25)23-8-6-15-10-19-11-16(15)7-9-23/h2-5,15-16,19H,6-12H2,1H3/t15-,16+. The van der Waals surface area contributed by atoms with Crippen molar-refractivity contribution in [2.75, 3.05) is 26.2 Å². The highest BCUT2D eigenvalue weighted by atomic mass is 16.2. The van der Waals surface area contributed by atoms with Crippen LogP contribution in [0.5, 0.6) is 0 Å². The molecule has 0 radical (unpaired) electrons. The Morgan fingerprint density at radius 1 is 1.16 bits per heavy atom. The fourth-order valence-electron chi connectivity index (χ4n) is 3.82. The molecule has 2 saturated heterocycles. The van der Waals surface area contributed by atoms with E-state index in [1.165, 1.54) is 10.4 Å². The summed E-state index contributed by atoms with van der Waals surface area (Å²) in [6.07, 6.45) is 2.17. The first-order valence-corrected chi connectivity index (χ1v) is 9.02. The number of aryl methyl sites for hydroxylation is 1. The van der Waals surface area contributed by atoms with Gasteiger partial charge in [-0.3, -0.25) is 4.79 Å². The molecule has 0 saturated carbocycles. The molecule has 1 N–H and O–H groups in total. The number of hydrogen-bond donors (Lipinski definition) is 1. The van der Waals surface area contributed by atoms with Gasteiger partial charge in [-0.05, 0) is 49.9 Å². The lowest BCUT2D eigenvalue weighted by Gasteiger charge is -2.20.